The zero-order chi connectivity index (χ0) is 16.9. The van der Waals surface area contributed by atoms with Crippen LogP contribution in [0, 0.1) is 18.2 Å². The molecule has 0 saturated carbocycles. The van der Waals surface area contributed by atoms with E-state index < -0.39 is 5.82 Å². The number of halogens is 2. The highest BCUT2D eigenvalue weighted by atomic mass is 35.5. The zero-order valence-electron chi connectivity index (χ0n) is 12.8. The molecule has 3 heteroatoms. The van der Waals surface area contributed by atoms with Crippen LogP contribution in [0.4, 0.5) is 4.39 Å². The summed E-state index contributed by atoms with van der Waals surface area (Å²) in [6.45, 7) is 0.434. The van der Waals surface area contributed by atoms with Gasteiger partial charge in [0.05, 0.1) is 5.02 Å². The molecule has 0 saturated heterocycles. The minimum atomic E-state index is -0.466. The average molecular weight is 337 g/mol. The van der Waals surface area contributed by atoms with Gasteiger partial charge in [0.25, 0.3) is 0 Å². The number of rotatable bonds is 4. The third-order valence-electron chi connectivity index (χ3n) is 3.57. The molecule has 0 radical (unpaired) electrons. The summed E-state index contributed by atoms with van der Waals surface area (Å²) in [5, 5.41) is 0.0902. The Morgan fingerprint density at radius 1 is 0.958 bits per heavy atom. The molecule has 0 aliphatic rings. The molecular formula is C21H14ClFO. The van der Waals surface area contributed by atoms with Crippen molar-refractivity contribution in [1.29, 1.82) is 0 Å². The Labute approximate surface area is 145 Å². The van der Waals surface area contributed by atoms with Crippen molar-refractivity contribution in [2.75, 3.05) is 0 Å². The summed E-state index contributed by atoms with van der Waals surface area (Å²) in [4.78, 5) is 0. The highest BCUT2D eigenvalue weighted by Crippen LogP contribution is 2.29. The Hall–Kier alpha value is -2.76. The Bertz CT molecular complexity index is 897. The molecular weight excluding hydrogens is 323 g/mol. The normalized spacial score (nSPS) is 10.2. The van der Waals surface area contributed by atoms with Crippen molar-refractivity contribution < 1.29 is 9.13 Å². The molecule has 0 aromatic heterocycles. The van der Waals surface area contributed by atoms with Gasteiger partial charge in [0.1, 0.15) is 18.2 Å². The first kappa shape index (κ1) is 16.1. The van der Waals surface area contributed by atoms with E-state index >= 15 is 0 Å². The predicted molar refractivity (Wildman–Crippen MR) is 95.6 cm³/mol. The van der Waals surface area contributed by atoms with Crippen molar-refractivity contribution in [1.82, 2.24) is 0 Å². The molecule has 0 aliphatic heterocycles. The topological polar surface area (TPSA) is 9.23 Å². The van der Waals surface area contributed by atoms with Crippen molar-refractivity contribution in [3.63, 3.8) is 0 Å². The fourth-order valence-electron chi connectivity index (χ4n) is 2.35. The van der Waals surface area contributed by atoms with Gasteiger partial charge in [-0.25, -0.2) is 4.39 Å². The van der Waals surface area contributed by atoms with Gasteiger partial charge in [0, 0.05) is 5.56 Å². The van der Waals surface area contributed by atoms with Gasteiger partial charge in [-0.2, -0.15) is 0 Å². The largest absolute Gasteiger partial charge is 0.489 e. The predicted octanol–water partition coefficient (Wildman–Crippen LogP) is 5.71. The van der Waals surface area contributed by atoms with Gasteiger partial charge in [0.2, 0.25) is 0 Å². The zero-order valence-corrected chi connectivity index (χ0v) is 13.6. The second-order valence-corrected chi connectivity index (χ2v) is 5.70. The SMILES string of the molecule is C#Cc1cc(OCc2ccccc2)cc(-c2ccc(Cl)c(F)c2)c1. The minimum Gasteiger partial charge on any atom is -0.489 e. The first-order valence-electron chi connectivity index (χ1n) is 7.39. The van der Waals surface area contributed by atoms with Crippen LogP contribution >= 0.6 is 11.6 Å². The van der Waals surface area contributed by atoms with Crippen LogP contribution in [0.25, 0.3) is 11.1 Å². The van der Waals surface area contributed by atoms with Crippen LogP contribution in [-0.4, -0.2) is 0 Å². The Morgan fingerprint density at radius 2 is 1.75 bits per heavy atom. The van der Waals surface area contributed by atoms with E-state index in [1.54, 1.807) is 12.1 Å². The average Bonchev–Trinajstić information content (AvgIpc) is 2.63. The standard InChI is InChI=1S/C21H14ClFO/c1-2-15-10-18(17-8-9-20(22)21(23)13-17)12-19(11-15)24-14-16-6-4-3-5-7-16/h1,3-13H,14H2. The second kappa shape index (κ2) is 7.21. The highest BCUT2D eigenvalue weighted by molar-refractivity contribution is 6.30. The lowest BCUT2D eigenvalue weighted by Gasteiger charge is -2.10. The number of benzene rings is 3. The van der Waals surface area contributed by atoms with Gasteiger partial charge in [0.15, 0.2) is 0 Å². The summed E-state index contributed by atoms with van der Waals surface area (Å²) in [5.41, 5.74) is 3.20. The Kier molecular flexibility index (Phi) is 4.84. The van der Waals surface area contributed by atoms with E-state index in [1.807, 2.05) is 42.5 Å². The monoisotopic (exact) mass is 336 g/mol. The quantitative estimate of drug-likeness (QED) is 0.555. The summed E-state index contributed by atoms with van der Waals surface area (Å²) >= 11 is 5.74. The van der Waals surface area contributed by atoms with E-state index in [2.05, 4.69) is 5.92 Å². The van der Waals surface area contributed by atoms with Crippen molar-refractivity contribution in [3.05, 3.63) is 88.7 Å². The number of hydrogen-bond donors (Lipinski definition) is 0. The first-order valence-corrected chi connectivity index (χ1v) is 7.77. The summed E-state index contributed by atoms with van der Waals surface area (Å²) in [5.74, 6) is 2.77. The van der Waals surface area contributed by atoms with Gasteiger partial charge < -0.3 is 4.74 Å². The van der Waals surface area contributed by atoms with Crippen LogP contribution < -0.4 is 4.74 Å². The lowest BCUT2D eigenvalue weighted by molar-refractivity contribution is 0.306. The molecule has 0 aliphatic carbocycles. The third kappa shape index (κ3) is 3.76. The lowest BCUT2D eigenvalue weighted by Crippen LogP contribution is -1.96. The number of ether oxygens (including phenoxy) is 1. The highest BCUT2D eigenvalue weighted by Gasteiger charge is 2.07. The molecule has 3 rings (SSSR count). The molecule has 0 amide bonds. The van der Waals surface area contributed by atoms with Gasteiger partial charge in [-0.05, 0) is 47.0 Å². The smallest absolute Gasteiger partial charge is 0.142 e. The number of hydrogen-bond acceptors (Lipinski definition) is 1. The van der Waals surface area contributed by atoms with Crippen molar-refractivity contribution in [2.45, 2.75) is 6.61 Å². The molecule has 0 heterocycles. The van der Waals surface area contributed by atoms with E-state index in [-0.39, 0.29) is 5.02 Å². The Morgan fingerprint density at radius 3 is 2.46 bits per heavy atom. The molecule has 3 aromatic rings. The van der Waals surface area contributed by atoms with Gasteiger partial charge in [-0.15, -0.1) is 6.42 Å². The first-order chi connectivity index (χ1) is 11.7. The Balaban J connectivity index is 1.90. The van der Waals surface area contributed by atoms with Crippen LogP contribution in [0.2, 0.25) is 5.02 Å². The van der Waals surface area contributed by atoms with E-state index in [9.17, 15) is 4.39 Å². The maximum Gasteiger partial charge on any atom is 0.142 e. The molecule has 0 spiro atoms. The fourth-order valence-corrected chi connectivity index (χ4v) is 2.47. The lowest BCUT2D eigenvalue weighted by atomic mass is 10.0. The van der Waals surface area contributed by atoms with Crippen molar-refractivity contribution in [2.24, 2.45) is 0 Å². The molecule has 1 nitrogen and oxygen atoms in total. The van der Waals surface area contributed by atoms with Gasteiger partial charge in [-0.1, -0.05) is 53.9 Å². The van der Waals surface area contributed by atoms with E-state index in [0.29, 0.717) is 23.5 Å². The second-order valence-electron chi connectivity index (χ2n) is 5.29. The van der Waals surface area contributed by atoms with E-state index in [4.69, 9.17) is 22.8 Å². The molecule has 0 atom stereocenters. The van der Waals surface area contributed by atoms with Crippen LogP contribution in [0.15, 0.2) is 66.7 Å². The van der Waals surface area contributed by atoms with E-state index in [0.717, 1.165) is 11.1 Å². The van der Waals surface area contributed by atoms with Crippen LogP contribution in [-0.2, 0) is 6.61 Å². The molecule has 0 fully saturated rings. The van der Waals surface area contributed by atoms with Gasteiger partial charge >= 0.3 is 0 Å². The van der Waals surface area contributed by atoms with Gasteiger partial charge in [-0.3, -0.25) is 0 Å². The maximum absolute atomic E-state index is 13.7. The minimum absolute atomic E-state index is 0.0902. The molecule has 3 aromatic carbocycles. The summed E-state index contributed by atoms with van der Waals surface area (Å²) in [7, 11) is 0. The summed E-state index contributed by atoms with van der Waals surface area (Å²) in [6.07, 6.45) is 5.53. The molecule has 0 N–H and O–H groups in total. The molecule has 0 unspecified atom stereocenters. The molecule has 0 bridgehead atoms. The number of terminal acetylenes is 1. The van der Waals surface area contributed by atoms with Crippen LogP contribution in [0.5, 0.6) is 5.75 Å². The van der Waals surface area contributed by atoms with Crippen molar-refractivity contribution >= 4 is 11.6 Å². The summed E-state index contributed by atoms with van der Waals surface area (Å²) < 4.78 is 19.5. The maximum atomic E-state index is 13.7. The fraction of sp³-hybridized carbons (Fsp3) is 0.0476. The van der Waals surface area contributed by atoms with Crippen LogP contribution in [0.1, 0.15) is 11.1 Å². The molecule has 118 valence electrons. The van der Waals surface area contributed by atoms with Crippen LogP contribution in [0.3, 0.4) is 0 Å². The third-order valence-corrected chi connectivity index (χ3v) is 3.88. The molecule has 24 heavy (non-hydrogen) atoms. The summed E-state index contributed by atoms with van der Waals surface area (Å²) in [6, 6.07) is 20.0. The van der Waals surface area contributed by atoms with E-state index in [1.165, 1.54) is 12.1 Å². The van der Waals surface area contributed by atoms with Crippen molar-refractivity contribution in [3.8, 4) is 29.2 Å².